The molecule has 10 nitrogen and oxygen atoms in total. The third-order valence-electron chi connectivity index (χ3n) is 11.5. The summed E-state index contributed by atoms with van der Waals surface area (Å²) >= 11 is 0. The molecule has 8 rings (SSSR count). The summed E-state index contributed by atoms with van der Waals surface area (Å²) in [6, 6.07) is 35.7. The first kappa shape index (κ1) is 38.4. The van der Waals surface area contributed by atoms with Crippen molar-refractivity contribution in [3.8, 4) is 34.4 Å². The molecule has 2 amide bonds. The van der Waals surface area contributed by atoms with Crippen LogP contribution in [-0.2, 0) is 9.53 Å². The number of benzene rings is 4. The van der Waals surface area contributed by atoms with Gasteiger partial charge in [-0.1, -0.05) is 104 Å². The summed E-state index contributed by atoms with van der Waals surface area (Å²) in [5.41, 5.74) is 7.89. The van der Waals surface area contributed by atoms with Crippen molar-refractivity contribution in [2.45, 2.75) is 63.1 Å². The van der Waals surface area contributed by atoms with Crippen molar-refractivity contribution < 1.29 is 14.3 Å². The quantitative estimate of drug-likeness (QED) is 0.113. The molecule has 2 aromatic heterocycles. The third-order valence-corrected chi connectivity index (χ3v) is 11.5. The molecule has 2 aliphatic heterocycles. The van der Waals surface area contributed by atoms with Crippen LogP contribution in [0, 0.1) is 11.8 Å². The zero-order chi connectivity index (χ0) is 39.8. The Morgan fingerprint density at radius 1 is 0.741 bits per heavy atom. The number of imidazole rings is 2. The highest BCUT2D eigenvalue weighted by atomic mass is 16.5. The number of aromatic amines is 2. The van der Waals surface area contributed by atoms with E-state index >= 15 is 0 Å². The predicted octanol–water partition coefficient (Wildman–Crippen LogP) is 8.96. The van der Waals surface area contributed by atoms with E-state index in [1.54, 1.807) is 11.1 Å². The SMILES string of the molecule is CCC(CN1CCCC1c1ncc(-c2ccc(C#Cc3ccc(-c4cnc(C5CCCN5C(=O)C(NC(=O)OC)c5ccccc5)[nH]4)cc3)cc2)[nH]1)c1ccccc1. The van der Waals surface area contributed by atoms with E-state index in [1.807, 2.05) is 60.8 Å². The van der Waals surface area contributed by atoms with Crippen LogP contribution in [0.2, 0.25) is 0 Å². The van der Waals surface area contributed by atoms with Crippen molar-refractivity contribution >= 4 is 12.0 Å². The minimum Gasteiger partial charge on any atom is -0.453 e. The summed E-state index contributed by atoms with van der Waals surface area (Å²) in [4.78, 5) is 47.1. The van der Waals surface area contributed by atoms with Crippen LogP contribution in [0.3, 0.4) is 0 Å². The second-order valence-electron chi connectivity index (χ2n) is 15.1. The van der Waals surface area contributed by atoms with Crippen molar-refractivity contribution in [2.75, 3.05) is 26.7 Å². The van der Waals surface area contributed by atoms with Crippen molar-refractivity contribution in [2.24, 2.45) is 0 Å². The van der Waals surface area contributed by atoms with Crippen LogP contribution in [0.1, 0.15) is 97.0 Å². The van der Waals surface area contributed by atoms with E-state index in [4.69, 9.17) is 14.7 Å². The first-order chi connectivity index (χ1) is 28.5. The van der Waals surface area contributed by atoms with Gasteiger partial charge in [0.1, 0.15) is 17.7 Å². The maximum absolute atomic E-state index is 13.9. The van der Waals surface area contributed by atoms with Gasteiger partial charge in [-0.25, -0.2) is 14.8 Å². The fourth-order valence-electron chi connectivity index (χ4n) is 8.34. The Morgan fingerprint density at radius 3 is 1.84 bits per heavy atom. The number of alkyl carbamates (subject to hydrolysis) is 1. The molecule has 4 atom stereocenters. The van der Waals surface area contributed by atoms with Crippen LogP contribution < -0.4 is 5.32 Å². The molecule has 0 saturated carbocycles. The second-order valence-corrected chi connectivity index (χ2v) is 15.1. The van der Waals surface area contributed by atoms with E-state index in [1.165, 1.54) is 19.1 Å². The van der Waals surface area contributed by atoms with Gasteiger partial charge in [-0.05, 0) is 91.1 Å². The molecule has 2 fully saturated rings. The Balaban J connectivity index is 0.891. The average molecular weight is 772 g/mol. The van der Waals surface area contributed by atoms with E-state index in [2.05, 4.69) is 93.5 Å². The van der Waals surface area contributed by atoms with Crippen LogP contribution in [0.4, 0.5) is 4.79 Å². The molecule has 58 heavy (non-hydrogen) atoms. The largest absolute Gasteiger partial charge is 0.453 e. The standard InChI is InChI=1S/C48H49N7O3/c1-3-35(36-12-6-4-7-13-36)32-54-28-10-16-42(54)45-49-30-40(51-45)37-24-20-33(21-25-37)18-19-34-22-26-38(27-23-34)41-31-50-46(52-41)43-17-11-29-55(43)47(56)44(53-48(57)58-2)39-14-8-5-9-15-39/h4-9,12-15,20-27,30-31,35,42-44H,3,10-11,16-17,28-29,32H2,1-2H3,(H,49,51)(H,50,52)(H,53,57). The lowest BCUT2D eigenvalue weighted by Gasteiger charge is -2.28. The average Bonchev–Trinajstić information content (AvgIpc) is 4.12. The molecule has 2 aliphatic rings. The Morgan fingerprint density at radius 2 is 1.28 bits per heavy atom. The molecule has 6 aromatic rings. The summed E-state index contributed by atoms with van der Waals surface area (Å²) in [6.45, 7) is 4.99. The number of H-pyrrole nitrogens is 2. The monoisotopic (exact) mass is 771 g/mol. The smallest absolute Gasteiger partial charge is 0.407 e. The number of carbonyl (C=O) groups is 2. The summed E-state index contributed by atoms with van der Waals surface area (Å²) < 4.78 is 4.83. The second kappa shape index (κ2) is 17.8. The predicted molar refractivity (Wildman–Crippen MR) is 225 cm³/mol. The Hall–Kier alpha value is -6.44. The maximum Gasteiger partial charge on any atom is 0.407 e. The number of methoxy groups -OCH3 is 1. The number of likely N-dealkylation sites (tertiary alicyclic amines) is 2. The van der Waals surface area contributed by atoms with Crippen molar-refractivity contribution in [1.29, 1.82) is 0 Å². The van der Waals surface area contributed by atoms with Crippen LogP contribution in [0.25, 0.3) is 22.5 Å². The van der Waals surface area contributed by atoms with Crippen LogP contribution in [0.5, 0.6) is 0 Å². The molecule has 2 saturated heterocycles. The van der Waals surface area contributed by atoms with E-state index in [0.717, 1.165) is 78.2 Å². The van der Waals surface area contributed by atoms with Gasteiger partial charge >= 0.3 is 6.09 Å². The van der Waals surface area contributed by atoms with Gasteiger partial charge in [0.2, 0.25) is 0 Å². The molecule has 3 N–H and O–H groups in total. The zero-order valence-corrected chi connectivity index (χ0v) is 33.0. The third kappa shape index (κ3) is 8.60. The van der Waals surface area contributed by atoms with Crippen LogP contribution in [0.15, 0.2) is 122 Å². The van der Waals surface area contributed by atoms with Gasteiger partial charge in [-0.3, -0.25) is 9.69 Å². The van der Waals surface area contributed by atoms with Gasteiger partial charge in [0.15, 0.2) is 0 Å². The van der Waals surface area contributed by atoms with E-state index < -0.39 is 12.1 Å². The summed E-state index contributed by atoms with van der Waals surface area (Å²) in [6.07, 6.45) is 8.13. The maximum atomic E-state index is 13.9. The first-order valence-electron chi connectivity index (χ1n) is 20.3. The Labute approximate surface area is 340 Å². The lowest BCUT2D eigenvalue weighted by Crippen LogP contribution is -2.42. The topological polar surface area (TPSA) is 119 Å². The lowest BCUT2D eigenvalue weighted by molar-refractivity contribution is -0.134. The molecular weight excluding hydrogens is 723 g/mol. The molecule has 0 radical (unpaired) electrons. The van der Waals surface area contributed by atoms with Crippen molar-refractivity contribution in [3.63, 3.8) is 0 Å². The Kier molecular flexibility index (Phi) is 11.8. The van der Waals surface area contributed by atoms with Gasteiger partial charge in [0.25, 0.3) is 5.91 Å². The number of hydrogen-bond donors (Lipinski definition) is 3. The fourth-order valence-corrected chi connectivity index (χ4v) is 8.34. The first-order valence-corrected chi connectivity index (χ1v) is 20.3. The minimum absolute atomic E-state index is 0.198. The number of rotatable bonds is 11. The summed E-state index contributed by atoms with van der Waals surface area (Å²) in [7, 11) is 1.29. The van der Waals surface area contributed by atoms with Crippen LogP contribution in [-0.4, -0.2) is 68.5 Å². The van der Waals surface area contributed by atoms with Gasteiger partial charge < -0.3 is 24.9 Å². The van der Waals surface area contributed by atoms with E-state index in [0.29, 0.717) is 29.9 Å². The number of amides is 2. The van der Waals surface area contributed by atoms with Crippen molar-refractivity contribution in [3.05, 3.63) is 155 Å². The summed E-state index contributed by atoms with van der Waals surface area (Å²) in [5.74, 6) is 8.69. The molecule has 4 unspecified atom stereocenters. The van der Waals surface area contributed by atoms with Gasteiger partial charge in [0.05, 0.1) is 43.0 Å². The highest BCUT2D eigenvalue weighted by molar-refractivity contribution is 5.87. The molecule has 294 valence electrons. The molecular formula is C48H49N7O3. The van der Waals surface area contributed by atoms with Gasteiger partial charge in [-0.15, -0.1) is 0 Å². The highest BCUT2D eigenvalue weighted by Gasteiger charge is 2.37. The number of ether oxygens (including phenoxy) is 1. The Bertz CT molecular complexity index is 2360. The van der Waals surface area contributed by atoms with E-state index in [-0.39, 0.29) is 11.9 Å². The van der Waals surface area contributed by atoms with E-state index in [9.17, 15) is 9.59 Å². The fraction of sp³-hybridized carbons (Fsp3) is 0.292. The molecule has 10 heteroatoms. The van der Waals surface area contributed by atoms with Crippen LogP contribution >= 0.6 is 0 Å². The molecule has 4 aromatic carbocycles. The number of carbonyl (C=O) groups excluding carboxylic acids is 2. The molecule has 0 bridgehead atoms. The molecule has 4 heterocycles. The normalized spacial score (nSPS) is 17.7. The molecule has 0 aliphatic carbocycles. The number of hydrogen-bond acceptors (Lipinski definition) is 6. The minimum atomic E-state index is -0.863. The van der Waals surface area contributed by atoms with Gasteiger partial charge in [-0.2, -0.15) is 0 Å². The van der Waals surface area contributed by atoms with Crippen molar-refractivity contribution in [1.82, 2.24) is 35.1 Å². The number of nitrogens with one attached hydrogen (secondary N) is 3. The molecule has 0 spiro atoms. The summed E-state index contributed by atoms with van der Waals surface area (Å²) in [5, 5.41) is 2.72. The number of nitrogens with zero attached hydrogens (tertiary/aromatic N) is 4. The van der Waals surface area contributed by atoms with Gasteiger partial charge in [0, 0.05) is 24.2 Å². The number of aromatic nitrogens is 4. The zero-order valence-electron chi connectivity index (χ0n) is 33.0. The lowest BCUT2D eigenvalue weighted by atomic mass is 9.95. The highest BCUT2D eigenvalue weighted by Crippen LogP contribution is 2.36.